The number of rotatable bonds is 7. The van der Waals surface area contributed by atoms with Gasteiger partial charge in [-0.1, -0.05) is 23.7 Å². The van der Waals surface area contributed by atoms with Crippen LogP contribution in [0.5, 0.6) is 0 Å². The van der Waals surface area contributed by atoms with Gasteiger partial charge in [0.05, 0.1) is 17.9 Å². The van der Waals surface area contributed by atoms with Gasteiger partial charge in [0.15, 0.2) is 5.13 Å². The third kappa shape index (κ3) is 6.04. The molecule has 0 fully saturated rings. The Bertz CT molecular complexity index is 1250. The van der Waals surface area contributed by atoms with Crippen molar-refractivity contribution in [3.05, 3.63) is 75.3 Å². The Morgan fingerprint density at radius 3 is 2.58 bits per heavy atom. The highest BCUT2D eigenvalue weighted by Gasteiger charge is 2.22. The lowest BCUT2D eigenvalue weighted by Crippen LogP contribution is -2.30. The van der Waals surface area contributed by atoms with E-state index in [4.69, 9.17) is 16.9 Å². The average Bonchev–Trinajstić information content (AvgIpc) is 3.09. The van der Waals surface area contributed by atoms with Crippen molar-refractivity contribution in [2.24, 2.45) is 0 Å². The van der Waals surface area contributed by atoms with E-state index in [9.17, 15) is 13.2 Å². The van der Waals surface area contributed by atoms with Crippen LogP contribution >= 0.6 is 22.9 Å². The molecule has 2 aromatic carbocycles. The van der Waals surface area contributed by atoms with Crippen LogP contribution in [0.1, 0.15) is 26.5 Å². The fourth-order valence-corrected chi connectivity index (χ4v) is 4.51. The third-order valence-corrected chi connectivity index (χ3v) is 6.12. The lowest BCUT2D eigenvalue weighted by molar-refractivity contribution is 0.0977. The van der Waals surface area contributed by atoms with E-state index in [1.165, 1.54) is 11.3 Å². The number of carbonyl (C=O) groups is 1. The van der Waals surface area contributed by atoms with Gasteiger partial charge < -0.3 is 4.90 Å². The molecular weight excluding hydrogens is 456 g/mol. The molecule has 7 nitrogen and oxygen atoms in total. The minimum absolute atomic E-state index is 0.0619. The molecule has 0 aliphatic rings. The van der Waals surface area contributed by atoms with Gasteiger partial charge in [0, 0.05) is 22.1 Å². The summed E-state index contributed by atoms with van der Waals surface area (Å²) in [6, 6.07) is 16.7. The van der Waals surface area contributed by atoms with E-state index in [1.807, 2.05) is 40.0 Å². The van der Waals surface area contributed by atoms with Gasteiger partial charge in [-0.25, -0.2) is 18.1 Å². The average molecular weight is 475 g/mol. The van der Waals surface area contributed by atoms with Crippen molar-refractivity contribution in [2.75, 3.05) is 17.7 Å². The second-order valence-electron chi connectivity index (χ2n) is 6.79. The molecule has 0 aliphatic heterocycles. The highest BCUT2D eigenvalue weighted by atomic mass is 35.5. The number of nitrogens with one attached hydrogen (secondary N) is 1. The van der Waals surface area contributed by atoms with E-state index >= 15 is 0 Å². The molecule has 1 amide bonds. The number of aryl methyl sites for hydroxylation is 1. The minimum Gasteiger partial charge on any atom is -0.317 e. The van der Waals surface area contributed by atoms with Gasteiger partial charge in [0.1, 0.15) is 5.69 Å². The summed E-state index contributed by atoms with van der Waals surface area (Å²) in [5.41, 5.74) is 2.42. The molecule has 0 saturated carbocycles. The Morgan fingerprint density at radius 2 is 1.97 bits per heavy atom. The van der Waals surface area contributed by atoms with E-state index in [2.05, 4.69) is 11.1 Å². The normalized spacial score (nSPS) is 11.0. The number of benzene rings is 2. The second-order valence-corrected chi connectivity index (χ2v) is 10.2. The fraction of sp³-hybridized carbons (Fsp3) is 0.190. The summed E-state index contributed by atoms with van der Waals surface area (Å²) in [6.45, 7) is 2.25. The topological polar surface area (TPSA) is 103 Å². The van der Waals surface area contributed by atoms with E-state index in [1.54, 1.807) is 25.1 Å². The summed E-state index contributed by atoms with van der Waals surface area (Å²) >= 11 is 7.38. The first-order valence-corrected chi connectivity index (χ1v) is 12.3. The van der Waals surface area contributed by atoms with Crippen LogP contribution in [-0.2, 0) is 16.4 Å². The van der Waals surface area contributed by atoms with Crippen molar-refractivity contribution in [2.45, 2.75) is 13.3 Å². The Labute approximate surface area is 190 Å². The molecule has 31 heavy (non-hydrogen) atoms. The molecule has 3 rings (SSSR count). The summed E-state index contributed by atoms with van der Waals surface area (Å²) in [6.07, 6.45) is 1.58. The zero-order valence-corrected chi connectivity index (χ0v) is 19.2. The maximum atomic E-state index is 12.3. The van der Waals surface area contributed by atoms with Crippen molar-refractivity contribution in [3.63, 3.8) is 0 Å². The van der Waals surface area contributed by atoms with E-state index in [0.717, 1.165) is 17.5 Å². The molecule has 0 spiro atoms. The van der Waals surface area contributed by atoms with Crippen molar-refractivity contribution in [3.8, 4) is 6.07 Å². The van der Waals surface area contributed by atoms with Crippen molar-refractivity contribution in [1.29, 1.82) is 5.26 Å². The van der Waals surface area contributed by atoms with Crippen LogP contribution in [0.25, 0.3) is 0 Å². The van der Waals surface area contributed by atoms with Crippen LogP contribution in [0.4, 0.5) is 10.8 Å². The lowest BCUT2D eigenvalue weighted by Gasteiger charge is -2.22. The number of thiazole rings is 1. The van der Waals surface area contributed by atoms with Crippen LogP contribution in [0, 0.1) is 18.3 Å². The van der Waals surface area contributed by atoms with E-state index < -0.39 is 15.9 Å². The molecule has 1 aromatic heterocycles. The number of nitrogens with zero attached hydrogens (tertiary/aromatic N) is 3. The first kappa shape index (κ1) is 22.7. The summed E-state index contributed by atoms with van der Waals surface area (Å²) in [5.74, 6) is -0.767. The van der Waals surface area contributed by atoms with Crippen molar-refractivity contribution >= 4 is 49.7 Å². The second kappa shape index (κ2) is 9.47. The number of nitriles is 1. The molecular formula is C21H19ClN4O3S2. The van der Waals surface area contributed by atoms with Gasteiger partial charge in [0.2, 0.25) is 10.0 Å². The Hall–Kier alpha value is -2.93. The van der Waals surface area contributed by atoms with Crippen molar-refractivity contribution in [1.82, 2.24) is 9.71 Å². The van der Waals surface area contributed by atoms with Gasteiger partial charge in [0.25, 0.3) is 5.91 Å². The quantitative estimate of drug-likeness (QED) is 0.554. The van der Waals surface area contributed by atoms with Gasteiger partial charge in [-0.05, 0) is 55.3 Å². The molecule has 160 valence electrons. The van der Waals surface area contributed by atoms with Crippen LogP contribution < -0.4 is 9.62 Å². The van der Waals surface area contributed by atoms with Crippen LogP contribution in [-0.4, -0.2) is 32.1 Å². The van der Waals surface area contributed by atoms with Crippen LogP contribution in [0.2, 0.25) is 5.02 Å². The van der Waals surface area contributed by atoms with Gasteiger partial charge in [-0.15, -0.1) is 11.3 Å². The first-order chi connectivity index (χ1) is 14.7. The smallest absolute Gasteiger partial charge is 0.284 e. The number of anilines is 2. The Kier molecular flexibility index (Phi) is 6.95. The zero-order valence-electron chi connectivity index (χ0n) is 16.8. The molecule has 1 heterocycles. The first-order valence-electron chi connectivity index (χ1n) is 9.18. The molecule has 0 atom stereocenters. The number of hydrogen-bond acceptors (Lipinski definition) is 7. The number of sulfonamides is 1. The van der Waals surface area contributed by atoms with E-state index in [-0.39, 0.29) is 5.69 Å². The standard InChI is InChI=1S/C21H19ClN4O3S2/c1-14-19(20(27)25-31(2,28)29)24-21(30-14)26(18-8-6-16(13-23)7-9-18)11-10-15-4-3-5-17(22)12-15/h3-9,12H,10-11H2,1-2H3,(H,25,27). The number of carbonyl (C=O) groups excluding carboxylic acids is 1. The highest BCUT2D eigenvalue weighted by molar-refractivity contribution is 7.89. The molecule has 0 radical (unpaired) electrons. The summed E-state index contributed by atoms with van der Waals surface area (Å²) < 4.78 is 24.8. The summed E-state index contributed by atoms with van der Waals surface area (Å²) in [7, 11) is -3.70. The van der Waals surface area contributed by atoms with Gasteiger partial charge in [-0.3, -0.25) is 4.79 Å². The molecule has 3 aromatic rings. The van der Waals surface area contributed by atoms with Crippen LogP contribution in [0.15, 0.2) is 48.5 Å². The Balaban J connectivity index is 1.94. The number of halogens is 1. The maximum absolute atomic E-state index is 12.3. The minimum atomic E-state index is -3.70. The summed E-state index contributed by atoms with van der Waals surface area (Å²) in [5, 5.41) is 10.3. The molecule has 0 unspecified atom stereocenters. The van der Waals surface area contributed by atoms with Crippen LogP contribution in [0.3, 0.4) is 0 Å². The number of hydrogen-bond donors (Lipinski definition) is 1. The highest BCUT2D eigenvalue weighted by Crippen LogP contribution is 2.32. The monoisotopic (exact) mass is 474 g/mol. The molecule has 1 N–H and O–H groups in total. The predicted molar refractivity (Wildman–Crippen MR) is 122 cm³/mol. The van der Waals surface area contributed by atoms with Crippen molar-refractivity contribution < 1.29 is 13.2 Å². The lowest BCUT2D eigenvalue weighted by atomic mass is 10.1. The Morgan fingerprint density at radius 1 is 1.26 bits per heavy atom. The third-order valence-electron chi connectivity index (χ3n) is 4.33. The molecule has 0 aliphatic carbocycles. The molecule has 0 saturated heterocycles. The predicted octanol–water partition coefficient (Wildman–Crippen LogP) is 4.05. The molecule has 0 bridgehead atoms. The number of aromatic nitrogens is 1. The maximum Gasteiger partial charge on any atom is 0.284 e. The van der Waals surface area contributed by atoms with Gasteiger partial charge >= 0.3 is 0 Å². The molecule has 10 heteroatoms. The largest absolute Gasteiger partial charge is 0.317 e. The fourth-order valence-electron chi connectivity index (χ4n) is 2.91. The van der Waals surface area contributed by atoms with Gasteiger partial charge in [-0.2, -0.15) is 5.26 Å². The SMILES string of the molecule is Cc1sc(N(CCc2cccc(Cl)c2)c2ccc(C#N)cc2)nc1C(=O)NS(C)(=O)=O. The number of amides is 1. The van der Waals surface area contributed by atoms with E-state index in [0.29, 0.717) is 33.6 Å². The zero-order chi connectivity index (χ0) is 22.6. The summed E-state index contributed by atoms with van der Waals surface area (Å²) in [4.78, 5) is 19.3.